The normalized spacial score (nSPS) is 10.6. The fraction of sp³-hybridized carbons (Fsp3) is 0.611. The molecule has 3 nitrogen and oxygen atoms in total. The van der Waals surface area contributed by atoms with E-state index in [1.54, 1.807) is 0 Å². The third-order valence-corrected chi connectivity index (χ3v) is 3.35. The minimum atomic E-state index is 0.859. The Labute approximate surface area is 130 Å². The van der Waals surface area contributed by atoms with Gasteiger partial charge in [-0.1, -0.05) is 33.3 Å². The van der Waals surface area contributed by atoms with Crippen LogP contribution in [0.3, 0.4) is 0 Å². The molecule has 0 aliphatic rings. The van der Waals surface area contributed by atoms with Crippen molar-refractivity contribution in [2.24, 2.45) is 0 Å². The van der Waals surface area contributed by atoms with E-state index in [9.17, 15) is 0 Å². The van der Waals surface area contributed by atoms with Crippen LogP contribution in [0.1, 0.15) is 51.3 Å². The maximum absolute atomic E-state index is 4.84. The summed E-state index contributed by atoms with van der Waals surface area (Å²) in [4.78, 5) is 7.15. The first-order valence-electron chi connectivity index (χ1n) is 8.31. The van der Waals surface area contributed by atoms with E-state index in [-0.39, 0.29) is 0 Å². The summed E-state index contributed by atoms with van der Waals surface area (Å²) in [5.74, 6) is 1.09. The second-order valence-electron chi connectivity index (χ2n) is 5.49. The monoisotopic (exact) mass is 289 g/mol. The van der Waals surface area contributed by atoms with Crippen molar-refractivity contribution in [3.63, 3.8) is 0 Å². The number of nitrogens with zero attached hydrogens (tertiary/aromatic N) is 2. The van der Waals surface area contributed by atoms with E-state index in [1.165, 1.54) is 11.3 Å². The fourth-order valence-corrected chi connectivity index (χ4v) is 2.42. The van der Waals surface area contributed by atoms with Gasteiger partial charge >= 0.3 is 0 Å². The van der Waals surface area contributed by atoms with E-state index in [4.69, 9.17) is 4.98 Å². The quantitative estimate of drug-likeness (QED) is 0.494. The second kappa shape index (κ2) is 10.4. The van der Waals surface area contributed by atoms with Gasteiger partial charge in [-0.15, -0.1) is 6.58 Å². The molecular formula is C18H31N3. The number of hydrogen-bond donors (Lipinski definition) is 1. The maximum atomic E-state index is 4.84. The number of anilines is 1. The molecule has 0 aliphatic carbocycles. The lowest BCUT2D eigenvalue weighted by molar-refractivity contribution is 0.672. The average molecular weight is 289 g/mol. The van der Waals surface area contributed by atoms with Crippen molar-refractivity contribution >= 4 is 5.82 Å². The van der Waals surface area contributed by atoms with Gasteiger partial charge in [0.1, 0.15) is 5.82 Å². The molecule has 21 heavy (non-hydrogen) atoms. The summed E-state index contributed by atoms with van der Waals surface area (Å²) >= 11 is 0. The molecule has 0 saturated carbocycles. The van der Waals surface area contributed by atoms with Crippen LogP contribution in [0, 0.1) is 0 Å². The van der Waals surface area contributed by atoms with Crippen LogP contribution in [-0.4, -0.2) is 24.6 Å². The number of pyridine rings is 1. The van der Waals surface area contributed by atoms with E-state index in [0.717, 1.165) is 57.7 Å². The summed E-state index contributed by atoms with van der Waals surface area (Å²) in [5.41, 5.74) is 2.54. The molecule has 1 N–H and O–H groups in total. The van der Waals surface area contributed by atoms with Gasteiger partial charge in [0.2, 0.25) is 0 Å². The average Bonchev–Trinajstić information content (AvgIpc) is 2.47. The molecule has 0 bridgehead atoms. The van der Waals surface area contributed by atoms with E-state index < -0.39 is 0 Å². The Balaban J connectivity index is 2.95. The Morgan fingerprint density at radius 1 is 1.19 bits per heavy atom. The van der Waals surface area contributed by atoms with Crippen LogP contribution in [-0.2, 0) is 13.0 Å². The Hall–Kier alpha value is -1.35. The second-order valence-corrected chi connectivity index (χ2v) is 5.49. The first-order chi connectivity index (χ1) is 10.2. The highest BCUT2D eigenvalue weighted by Crippen LogP contribution is 2.17. The molecule has 0 atom stereocenters. The molecule has 0 spiro atoms. The minimum absolute atomic E-state index is 0.859. The van der Waals surface area contributed by atoms with Crippen LogP contribution in [0.15, 0.2) is 24.8 Å². The van der Waals surface area contributed by atoms with Crippen molar-refractivity contribution in [3.05, 3.63) is 36.0 Å². The van der Waals surface area contributed by atoms with Gasteiger partial charge in [-0.3, -0.25) is 0 Å². The molecule has 1 rings (SSSR count). The molecule has 3 heteroatoms. The lowest BCUT2D eigenvalue weighted by Crippen LogP contribution is -2.26. The van der Waals surface area contributed by atoms with Gasteiger partial charge in [0.25, 0.3) is 0 Å². The van der Waals surface area contributed by atoms with E-state index in [0.29, 0.717) is 0 Å². The highest BCUT2D eigenvalue weighted by Gasteiger charge is 2.09. The van der Waals surface area contributed by atoms with Crippen LogP contribution < -0.4 is 10.2 Å². The largest absolute Gasteiger partial charge is 0.353 e. The number of aromatic nitrogens is 1. The lowest BCUT2D eigenvalue weighted by atomic mass is 10.1. The fourth-order valence-electron chi connectivity index (χ4n) is 2.42. The van der Waals surface area contributed by atoms with Crippen LogP contribution in [0.2, 0.25) is 0 Å². The summed E-state index contributed by atoms with van der Waals surface area (Å²) in [5, 5.41) is 3.48. The highest BCUT2D eigenvalue weighted by atomic mass is 15.2. The Morgan fingerprint density at radius 2 is 2.00 bits per heavy atom. The molecule has 118 valence electrons. The smallest absolute Gasteiger partial charge is 0.129 e. The molecule has 1 aromatic heterocycles. The van der Waals surface area contributed by atoms with Gasteiger partial charge in [0, 0.05) is 25.3 Å². The molecule has 0 fully saturated rings. The van der Waals surface area contributed by atoms with Crippen LogP contribution >= 0.6 is 0 Å². The van der Waals surface area contributed by atoms with Crippen molar-refractivity contribution in [1.29, 1.82) is 0 Å². The third kappa shape index (κ3) is 6.30. The van der Waals surface area contributed by atoms with Gasteiger partial charge in [0.15, 0.2) is 0 Å². The Kier molecular flexibility index (Phi) is 8.76. The zero-order chi connectivity index (χ0) is 15.5. The van der Waals surface area contributed by atoms with Crippen LogP contribution in [0.4, 0.5) is 5.82 Å². The predicted octanol–water partition coefficient (Wildman–Crippen LogP) is 3.94. The summed E-state index contributed by atoms with van der Waals surface area (Å²) in [7, 11) is 0. The number of aryl methyl sites for hydroxylation is 1. The third-order valence-electron chi connectivity index (χ3n) is 3.35. The van der Waals surface area contributed by atoms with Crippen molar-refractivity contribution in [3.8, 4) is 0 Å². The molecule has 0 unspecified atom stereocenters. The van der Waals surface area contributed by atoms with Gasteiger partial charge in [-0.05, 0) is 43.5 Å². The molecule has 0 radical (unpaired) electrons. The van der Waals surface area contributed by atoms with Crippen molar-refractivity contribution < 1.29 is 0 Å². The Morgan fingerprint density at radius 3 is 2.62 bits per heavy atom. The van der Waals surface area contributed by atoms with Crippen molar-refractivity contribution in [2.75, 3.05) is 24.5 Å². The van der Waals surface area contributed by atoms with Gasteiger partial charge in [-0.25, -0.2) is 4.98 Å². The molecular weight excluding hydrogens is 258 g/mol. The standard InChI is InChI=1S/C18H31N3/c1-5-9-17-13-16(15-19-10-6-2)14-18(20-17)21(11-7-3)12-8-4/h7,13-14,19H,3,5-6,8-12,15H2,1-2,4H3. The molecule has 1 heterocycles. The van der Waals surface area contributed by atoms with Gasteiger partial charge < -0.3 is 10.2 Å². The lowest BCUT2D eigenvalue weighted by Gasteiger charge is -2.23. The number of hydrogen-bond acceptors (Lipinski definition) is 3. The molecule has 0 aliphatic heterocycles. The topological polar surface area (TPSA) is 28.2 Å². The first-order valence-corrected chi connectivity index (χ1v) is 8.31. The zero-order valence-corrected chi connectivity index (χ0v) is 14.0. The van der Waals surface area contributed by atoms with E-state index in [1.807, 2.05) is 6.08 Å². The van der Waals surface area contributed by atoms with Gasteiger partial charge in [0.05, 0.1) is 0 Å². The molecule has 1 aromatic rings. The van der Waals surface area contributed by atoms with Crippen molar-refractivity contribution in [1.82, 2.24) is 10.3 Å². The summed E-state index contributed by atoms with van der Waals surface area (Å²) < 4.78 is 0. The Bertz CT molecular complexity index is 415. The molecule has 0 amide bonds. The summed E-state index contributed by atoms with van der Waals surface area (Å²) in [6.07, 6.45) is 6.42. The summed E-state index contributed by atoms with van der Waals surface area (Å²) in [6, 6.07) is 4.47. The van der Waals surface area contributed by atoms with E-state index >= 15 is 0 Å². The van der Waals surface area contributed by atoms with Crippen LogP contribution in [0.25, 0.3) is 0 Å². The zero-order valence-electron chi connectivity index (χ0n) is 14.0. The van der Waals surface area contributed by atoms with E-state index in [2.05, 4.69) is 49.7 Å². The maximum Gasteiger partial charge on any atom is 0.129 e. The molecule has 0 aromatic carbocycles. The summed E-state index contributed by atoms with van der Waals surface area (Å²) in [6.45, 7) is 14.3. The predicted molar refractivity (Wildman–Crippen MR) is 92.9 cm³/mol. The minimum Gasteiger partial charge on any atom is -0.353 e. The van der Waals surface area contributed by atoms with Gasteiger partial charge in [-0.2, -0.15) is 0 Å². The van der Waals surface area contributed by atoms with Crippen molar-refractivity contribution in [2.45, 2.75) is 53.0 Å². The SMILES string of the molecule is C=CCN(CCC)c1cc(CNCCC)cc(CCC)n1. The first kappa shape index (κ1) is 17.7. The molecule has 0 saturated heterocycles. The number of nitrogens with one attached hydrogen (secondary N) is 1. The van der Waals surface area contributed by atoms with Crippen LogP contribution in [0.5, 0.6) is 0 Å². The number of rotatable bonds is 11. The highest BCUT2D eigenvalue weighted by molar-refractivity contribution is 5.43.